The zero-order valence-corrected chi connectivity index (χ0v) is 11.0. The van der Waals surface area contributed by atoms with E-state index in [-0.39, 0.29) is 5.69 Å². The fraction of sp³-hybridized carbons (Fsp3) is 0.154. The van der Waals surface area contributed by atoms with Crippen molar-refractivity contribution in [3.63, 3.8) is 0 Å². The summed E-state index contributed by atoms with van der Waals surface area (Å²) < 4.78 is 0. The Morgan fingerprint density at radius 3 is 2.63 bits per heavy atom. The molecule has 2 aromatic rings. The lowest BCUT2D eigenvalue weighted by Gasteiger charge is -2.18. The van der Waals surface area contributed by atoms with Crippen LogP contribution in [0.25, 0.3) is 0 Å². The lowest BCUT2D eigenvalue weighted by atomic mass is 10.2. The third-order valence-electron chi connectivity index (χ3n) is 2.70. The van der Waals surface area contributed by atoms with E-state index in [1.165, 1.54) is 12.3 Å². The first kappa shape index (κ1) is 13.3. The Morgan fingerprint density at radius 2 is 2.05 bits per heavy atom. The van der Waals surface area contributed by atoms with Crippen molar-refractivity contribution in [1.82, 2.24) is 4.98 Å². The van der Waals surface area contributed by atoms with E-state index in [1.54, 1.807) is 6.07 Å². The van der Waals surface area contributed by atoms with Gasteiger partial charge in [-0.3, -0.25) is 10.1 Å². The summed E-state index contributed by atoms with van der Waals surface area (Å²) in [4.78, 5) is 16.0. The molecule has 5 nitrogen and oxygen atoms in total. The molecule has 2 rings (SSSR count). The molecule has 19 heavy (non-hydrogen) atoms. The summed E-state index contributed by atoms with van der Waals surface area (Å²) in [7, 11) is 1.86. The maximum atomic E-state index is 10.6. The number of pyridine rings is 1. The van der Waals surface area contributed by atoms with E-state index in [9.17, 15) is 10.1 Å². The number of benzene rings is 1. The molecular formula is C13H12ClN3O2. The van der Waals surface area contributed by atoms with Crippen molar-refractivity contribution < 1.29 is 4.92 Å². The van der Waals surface area contributed by atoms with E-state index in [2.05, 4.69) is 4.98 Å². The molecule has 0 atom stereocenters. The molecule has 0 aliphatic carbocycles. The fourth-order valence-corrected chi connectivity index (χ4v) is 1.87. The van der Waals surface area contributed by atoms with Crippen molar-refractivity contribution in [1.29, 1.82) is 0 Å². The Bertz CT molecular complexity index is 587. The highest BCUT2D eigenvalue weighted by atomic mass is 35.5. The minimum atomic E-state index is -0.467. The highest BCUT2D eigenvalue weighted by molar-refractivity contribution is 6.31. The van der Waals surface area contributed by atoms with Crippen LogP contribution in [-0.2, 0) is 6.54 Å². The summed E-state index contributed by atoms with van der Waals surface area (Å²) in [5.41, 5.74) is 0.960. The number of halogens is 1. The summed E-state index contributed by atoms with van der Waals surface area (Å²) in [5, 5.41) is 11.2. The van der Waals surface area contributed by atoms with Crippen molar-refractivity contribution in [3.05, 3.63) is 63.3 Å². The first-order valence-electron chi connectivity index (χ1n) is 5.63. The molecule has 1 aromatic carbocycles. The second-order valence-corrected chi connectivity index (χ2v) is 4.49. The third kappa shape index (κ3) is 3.20. The van der Waals surface area contributed by atoms with E-state index >= 15 is 0 Å². The Kier molecular flexibility index (Phi) is 3.97. The van der Waals surface area contributed by atoms with E-state index in [0.29, 0.717) is 17.4 Å². The van der Waals surface area contributed by atoms with Gasteiger partial charge in [0.2, 0.25) is 0 Å². The first-order valence-corrected chi connectivity index (χ1v) is 6.00. The van der Waals surface area contributed by atoms with E-state index in [1.807, 2.05) is 36.2 Å². The first-order chi connectivity index (χ1) is 9.08. The SMILES string of the molecule is CN(Cc1ccccc1Cl)c1ccc([N+](=O)[O-])cn1. The van der Waals surface area contributed by atoms with Gasteiger partial charge in [-0.05, 0) is 17.7 Å². The molecule has 0 radical (unpaired) electrons. The molecule has 0 spiro atoms. The minimum Gasteiger partial charge on any atom is -0.355 e. The van der Waals surface area contributed by atoms with E-state index in [4.69, 9.17) is 11.6 Å². The van der Waals surface area contributed by atoms with Crippen LogP contribution >= 0.6 is 11.6 Å². The highest BCUT2D eigenvalue weighted by Gasteiger charge is 2.09. The topological polar surface area (TPSA) is 59.3 Å². The third-order valence-corrected chi connectivity index (χ3v) is 3.07. The molecule has 0 bridgehead atoms. The predicted octanol–water partition coefficient (Wildman–Crippen LogP) is 3.28. The molecule has 1 heterocycles. The number of nitrogens with zero attached hydrogens (tertiary/aromatic N) is 3. The van der Waals surface area contributed by atoms with Crippen LogP contribution in [0, 0.1) is 10.1 Å². The maximum Gasteiger partial charge on any atom is 0.287 e. The normalized spacial score (nSPS) is 10.2. The number of anilines is 1. The van der Waals surface area contributed by atoms with Crippen LogP contribution in [0.4, 0.5) is 11.5 Å². The van der Waals surface area contributed by atoms with Crippen LogP contribution in [0.5, 0.6) is 0 Å². The standard InChI is InChI=1S/C13H12ClN3O2/c1-16(9-10-4-2-3-5-12(10)14)13-7-6-11(8-15-13)17(18)19/h2-8H,9H2,1H3. The number of nitro groups is 1. The number of rotatable bonds is 4. The van der Waals surface area contributed by atoms with Crippen LogP contribution in [-0.4, -0.2) is 17.0 Å². The van der Waals surface area contributed by atoms with Crippen LogP contribution in [0.2, 0.25) is 5.02 Å². The van der Waals surface area contributed by atoms with Gasteiger partial charge in [0.15, 0.2) is 0 Å². The van der Waals surface area contributed by atoms with Crippen LogP contribution in [0.3, 0.4) is 0 Å². The zero-order chi connectivity index (χ0) is 13.8. The van der Waals surface area contributed by atoms with Crippen molar-refractivity contribution in [2.45, 2.75) is 6.54 Å². The van der Waals surface area contributed by atoms with Gasteiger partial charge in [-0.25, -0.2) is 4.98 Å². The summed E-state index contributed by atoms with van der Waals surface area (Å²) in [5.74, 6) is 0.658. The Hall–Kier alpha value is -2.14. The van der Waals surface area contributed by atoms with Crippen molar-refractivity contribution in [2.75, 3.05) is 11.9 Å². The molecule has 0 fully saturated rings. The highest BCUT2D eigenvalue weighted by Crippen LogP contribution is 2.20. The molecule has 98 valence electrons. The zero-order valence-electron chi connectivity index (χ0n) is 10.3. The molecule has 0 amide bonds. The van der Waals surface area contributed by atoms with Gasteiger partial charge < -0.3 is 4.90 Å². The lowest BCUT2D eigenvalue weighted by Crippen LogP contribution is -2.17. The lowest BCUT2D eigenvalue weighted by molar-refractivity contribution is -0.385. The quantitative estimate of drug-likeness (QED) is 0.636. The number of hydrogen-bond acceptors (Lipinski definition) is 4. The van der Waals surface area contributed by atoms with Crippen LogP contribution < -0.4 is 4.90 Å². The van der Waals surface area contributed by atoms with Gasteiger partial charge in [0.05, 0.1) is 4.92 Å². The predicted molar refractivity (Wildman–Crippen MR) is 74.5 cm³/mol. The van der Waals surface area contributed by atoms with Gasteiger partial charge >= 0.3 is 0 Å². The molecule has 0 saturated heterocycles. The molecule has 0 aliphatic heterocycles. The van der Waals surface area contributed by atoms with Gasteiger partial charge in [-0.1, -0.05) is 29.8 Å². The minimum absolute atomic E-state index is 0.0186. The monoisotopic (exact) mass is 277 g/mol. The number of hydrogen-bond donors (Lipinski definition) is 0. The Morgan fingerprint density at radius 1 is 1.32 bits per heavy atom. The van der Waals surface area contributed by atoms with E-state index in [0.717, 1.165) is 5.56 Å². The molecule has 0 N–H and O–H groups in total. The molecule has 0 aliphatic rings. The second-order valence-electron chi connectivity index (χ2n) is 4.08. The summed E-state index contributed by atoms with van der Waals surface area (Å²) >= 11 is 6.09. The van der Waals surface area contributed by atoms with Gasteiger partial charge in [0.1, 0.15) is 12.0 Å². The van der Waals surface area contributed by atoms with Gasteiger partial charge in [0.25, 0.3) is 5.69 Å². The summed E-state index contributed by atoms with van der Waals surface area (Å²) in [6.07, 6.45) is 1.25. The smallest absolute Gasteiger partial charge is 0.287 e. The molecular weight excluding hydrogens is 266 g/mol. The molecule has 1 aromatic heterocycles. The Labute approximate surface area is 115 Å². The molecule has 6 heteroatoms. The van der Waals surface area contributed by atoms with Crippen molar-refractivity contribution in [2.24, 2.45) is 0 Å². The largest absolute Gasteiger partial charge is 0.355 e. The Balaban J connectivity index is 2.14. The van der Waals surface area contributed by atoms with Crippen molar-refractivity contribution in [3.8, 4) is 0 Å². The average molecular weight is 278 g/mol. The van der Waals surface area contributed by atoms with Crippen LogP contribution in [0.1, 0.15) is 5.56 Å². The fourth-order valence-electron chi connectivity index (χ4n) is 1.68. The average Bonchev–Trinajstić information content (AvgIpc) is 2.41. The maximum absolute atomic E-state index is 10.6. The van der Waals surface area contributed by atoms with Gasteiger partial charge in [0, 0.05) is 24.7 Å². The summed E-state index contributed by atoms with van der Waals surface area (Å²) in [6, 6.07) is 10.6. The van der Waals surface area contributed by atoms with Crippen molar-refractivity contribution >= 4 is 23.1 Å². The molecule has 0 unspecified atom stereocenters. The van der Waals surface area contributed by atoms with Gasteiger partial charge in [-0.15, -0.1) is 0 Å². The molecule has 0 saturated carbocycles. The van der Waals surface area contributed by atoms with Gasteiger partial charge in [-0.2, -0.15) is 0 Å². The second kappa shape index (κ2) is 5.67. The van der Waals surface area contributed by atoms with E-state index < -0.39 is 4.92 Å². The summed E-state index contributed by atoms with van der Waals surface area (Å²) in [6.45, 7) is 0.588. The number of aromatic nitrogens is 1. The van der Waals surface area contributed by atoms with Crippen LogP contribution in [0.15, 0.2) is 42.6 Å².